The Balaban J connectivity index is 1.87. The second kappa shape index (κ2) is 9.03. The molecule has 0 bridgehead atoms. The van der Waals surface area contributed by atoms with Gasteiger partial charge in [-0.1, -0.05) is 19.4 Å². The number of benzene rings is 2. The van der Waals surface area contributed by atoms with Crippen molar-refractivity contribution in [2.45, 2.75) is 25.8 Å². The van der Waals surface area contributed by atoms with E-state index in [2.05, 4.69) is 10.6 Å². The molecule has 1 heterocycles. The highest BCUT2D eigenvalue weighted by Gasteiger charge is 2.35. The summed E-state index contributed by atoms with van der Waals surface area (Å²) in [7, 11) is 1.34. The first kappa shape index (κ1) is 22.1. The number of carbonyl (C=O) groups is 4. The van der Waals surface area contributed by atoms with Gasteiger partial charge in [-0.15, -0.1) is 0 Å². The molecule has 0 aliphatic carbocycles. The predicted molar refractivity (Wildman–Crippen MR) is 107 cm³/mol. The summed E-state index contributed by atoms with van der Waals surface area (Å²) in [5.41, 5.74) is 0.415. The van der Waals surface area contributed by atoms with Crippen LogP contribution >= 0.6 is 0 Å². The van der Waals surface area contributed by atoms with Crippen LogP contribution in [0.2, 0.25) is 0 Å². The molecule has 1 aliphatic heterocycles. The van der Waals surface area contributed by atoms with Gasteiger partial charge in [0.1, 0.15) is 6.04 Å². The summed E-state index contributed by atoms with van der Waals surface area (Å²) in [6, 6.07) is 5.64. The first-order valence-corrected chi connectivity index (χ1v) is 9.76. The molecule has 162 valence electrons. The zero-order valence-electron chi connectivity index (χ0n) is 17.0. The molecule has 0 saturated carbocycles. The Labute approximate surface area is 177 Å². The van der Waals surface area contributed by atoms with Gasteiger partial charge in [-0.25, -0.2) is 8.78 Å². The van der Waals surface area contributed by atoms with Gasteiger partial charge in [0.05, 0.1) is 11.1 Å². The molecule has 0 spiro atoms. The molecule has 3 rings (SSSR count). The molecule has 2 aromatic rings. The van der Waals surface area contributed by atoms with E-state index >= 15 is 0 Å². The van der Waals surface area contributed by atoms with Gasteiger partial charge in [-0.2, -0.15) is 0 Å². The van der Waals surface area contributed by atoms with E-state index in [0.717, 1.165) is 23.5 Å². The quantitative estimate of drug-likeness (QED) is 0.662. The number of carbonyl (C=O) groups excluding carboxylic acids is 4. The Hall–Kier alpha value is -3.62. The van der Waals surface area contributed by atoms with Gasteiger partial charge in [0.25, 0.3) is 17.7 Å². The smallest absolute Gasteiger partial charge is 0.261 e. The van der Waals surface area contributed by atoms with E-state index in [-0.39, 0.29) is 22.3 Å². The molecule has 0 aromatic heterocycles. The third-order valence-electron chi connectivity index (χ3n) is 5.03. The monoisotopic (exact) mass is 429 g/mol. The summed E-state index contributed by atoms with van der Waals surface area (Å²) in [5, 5.41) is 4.82. The normalized spacial score (nSPS) is 13.7. The van der Waals surface area contributed by atoms with Gasteiger partial charge in [0, 0.05) is 19.2 Å². The number of fused-ring (bicyclic) bond motifs is 1. The van der Waals surface area contributed by atoms with Crippen LogP contribution in [0.1, 0.15) is 62.4 Å². The van der Waals surface area contributed by atoms with Crippen molar-refractivity contribution in [1.82, 2.24) is 15.5 Å². The largest absolute Gasteiger partial charge is 0.357 e. The maximum absolute atomic E-state index is 13.6. The van der Waals surface area contributed by atoms with E-state index in [1.54, 1.807) is 0 Å². The Morgan fingerprint density at radius 1 is 1.00 bits per heavy atom. The van der Waals surface area contributed by atoms with E-state index < -0.39 is 41.3 Å². The minimum atomic E-state index is -1.29. The van der Waals surface area contributed by atoms with Crippen molar-refractivity contribution in [3.63, 3.8) is 0 Å². The second-order valence-electron chi connectivity index (χ2n) is 7.07. The Morgan fingerprint density at radius 2 is 1.71 bits per heavy atom. The third-order valence-corrected chi connectivity index (χ3v) is 5.03. The van der Waals surface area contributed by atoms with Crippen molar-refractivity contribution in [2.24, 2.45) is 0 Å². The molecular formula is C22H21F2N3O4. The van der Waals surface area contributed by atoms with E-state index in [1.807, 2.05) is 6.92 Å². The molecule has 2 N–H and O–H groups in total. The standard InChI is InChI=1S/C22H21F2N3O4/c1-3-4-9-27-21(30)14-7-5-13(10-15(14)22(27)31)19(28)26-18(20(29)25-2)12-6-8-16(23)17(24)11-12/h5-8,10-11,18H,3-4,9H2,1-2H3,(H,25,29)(H,26,28). The molecule has 2 aromatic carbocycles. The SMILES string of the molecule is CCCCN1C(=O)c2ccc(C(=O)NC(C(=O)NC)c3ccc(F)c(F)c3)cc2C1=O. The third kappa shape index (κ3) is 4.30. The molecule has 4 amide bonds. The van der Waals surface area contributed by atoms with Gasteiger partial charge in [0.15, 0.2) is 11.6 Å². The molecule has 1 atom stereocenters. The average molecular weight is 429 g/mol. The number of imide groups is 1. The van der Waals surface area contributed by atoms with E-state index in [1.165, 1.54) is 31.3 Å². The molecular weight excluding hydrogens is 408 g/mol. The van der Waals surface area contributed by atoms with Crippen molar-refractivity contribution in [3.05, 3.63) is 70.3 Å². The fraction of sp³-hybridized carbons (Fsp3) is 0.273. The minimum absolute atomic E-state index is 0.0461. The van der Waals surface area contributed by atoms with E-state index in [0.29, 0.717) is 13.0 Å². The fourth-order valence-electron chi connectivity index (χ4n) is 3.30. The van der Waals surface area contributed by atoms with Crippen molar-refractivity contribution in [3.8, 4) is 0 Å². The zero-order valence-corrected chi connectivity index (χ0v) is 17.0. The van der Waals surface area contributed by atoms with Crippen LogP contribution < -0.4 is 10.6 Å². The highest BCUT2D eigenvalue weighted by molar-refractivity contribution is 6.22. The van der Waals surface area contributed by atoms with Crippen LogP contribution in [0.4, 0.5) is 8.78 Å². The number of unbranched alkanes of at least 4 members (excludes halogenated alkanes) is 1. The number of rotatable bonds is 7. The van der Waals surface area contributed by atoms with Gasteiger partial charge in [-0.3, -0.25) is 24.1 Å². The fourth-order valence-corrected chi connectivity index (χ4v) is 3.30. The minimum Gasteiger partial charge on any atom is -0.357 e. The number of amides is 4. The van der Waals surface area contributed by atoms with E-state index in [9.17, 15) is 28.0 Å². The van der Waals surface area contributed by atoms with Crippen molar-refractivity contribution in [1.29, 1.82) is 0 Å². The van der Waals surface area contributed by atoms with Crippen LogP contribution in [0.25, 0.3) is 0 Å². The molecule has 0 saturated heterocycles. The van der Waals surface area contributed by atoms with Crippen LogP contribution in [0, 0.1) is 11.6 Å². The lowest BCUT2D eigenvalue weighted by Crippen LogP contribution is -2.39. The lowest BCUT2D eigenvalue weighted by molar-refractivity contribution is -0.122. The highest BCUT2D eigenvalue weighted by atomic mass is 19.2. The van der Waals surface area contributed by atoms with Crippen molar-refractivity contribution in [2.75, 3.05) is 13.6 Å². The molecule has 1 unspecified atom stereocenters. The summed E-state index contributed by atoms with van der Waals surface area (Å²) in [6.07, 6.45) is 1.48. The molecule has 7 nitrogen and oxygen atoms in total. The second-order valence-corrected chi connectivity index (χ2v) is 7.07. The number of hydrogen-bond donors (Lipinski definition) is 2. The average Bonchev–Trinajstić information content (AvgIpc) is 3.01. The molecule has 0 fully saturated rings. The molecule has 1 aliphatic rings. The van der Waals surface area contributed by atoms with Gasteiger partial charge >= 0.3 is 0 Å². The number of likely N-dealkylation sites (N-methyl/N-ethyl adjacent to an activating group) is 1. The topological polar surface area (TPSA) is 95.6 Å². The van der Waals surface area contributed by atoms with Crippen LogP contribution in [0.15, 0.2) is 36.4 Å². The maximum atomic E-state index is 13.6. The lowest BCUT2D eigenvalue weighted by atomic mass is 10.0. The van der Waals surface area contributed by atoms with Gasteiger partial charge < -0.3 is 10.6 Å². The van der Waals surface area contributed by atoms with Crippen LogP contribution in [-0.4, -0.2) is 42.1 Å². The predicted octanol–water partition coefficient (Wildman–Crippen LogP) is 2.58. The summed E-state index contributed by atoms with van der Waals surface area (Å²) in [4.78, 5) is 51.2. The lowest BCUT2D eigenvalue weighted by Gasteiger charge is -2.18. The van der Waals surface area contributed by atoms with Crippen molar-refractivity contribution < 1.29 is 28.0 Å². The number of halogens is 2. The number of nitrogens with zero attached hydrogens (tertiary/aromatic N) is 1. The van der Waals surface area contributed by atoms with Crippen molar-refractivity contribution >= 4 is 23.6 Å². The van der Waals surface area contributed by atoms with E-state index in [4.69, 9.17) is 0 Å². The number of hydrogen-bond acceptors (Lipinski definition) is 4. The summed E-state index contributed by atoms with van der Waals surface area (Å²) in [5.74, 6) is -4.49. The Kier molecular flexibility index (Phi) is 6.43. The Morgan fingerprint density at radius 3 is 2.35 bits per heavy atom. The summed E-state index contributed by atoms with van der Waals surface area (Å²) in [6.45, 7) is 2.23. The van der Waals surface area contributed by atoms with Gasteiger partial charge in [0.2, 0.25) is 5.91 Å². The zero-order chi connectivity index (χ0) is 22.7. The van der Waals surface area contributed by atoms with Crippen LogP contribution in [-0.2, 0) is 4.79 Å². The first-order chi connectivity index (χ1) is 14.8. The van der Waals surface area contributed by atoms with Crippen LogP contribution in [0.3, 0.4) is 0 Å². The molecule has 0 radical (unpaired) electrons. The summed E-state index contributed by atoms with van der Waals surface area (Å²) >= 11 is 0. The van der Waals surface area contributed by atoms with Crippen LogP contribution in [0.5, 0.6) is 0 Å². The number of nitrogens with one attached hydrogen (secondary N) is 2. The maximum Gasteiger partial charge on any atom is 0.261 e. The summed E-state index contributed by atoms with van der Waals surface area (Å²) < 4.78 is 26.9. The van der Waals surface area contributed by atoms with Gasteiger partial charge in [-0.05, 0) is 42.3 Å². The molecule has 9 heteroatoms. The first-order valence-electron chi connectivity index (χ1n) is 9.76. The molecule has 31 heavy (non-hydrogen) atoms. The highest BCUT2D eigenvalue weighted by Crippen LogP contribution is 2.25. The Bertz CT molecular complexity index is 1070.